The average Bonchev–Trinajstić information content (AvgIpc) is 3.44. The maximum atomic E-state index is 12.5. The van der Waals surface area contributed by atoms with Crippen molar-refractivity contribution in [3.63, 3.8) is 0 Å². The number of aliphatic hydroxyl groups excluding tert-OH is 2. The number of allylic oxidation sites excluding steroid dienone is 2. The van der Waals surface area contributed by atoms with E-state index >= 15 is 0 Å². The molecule has 2 unspecified atom stereocenters. The Balaban J connectivity index is 3.39. The van der Waals surface area contributed by atoms with Crippen LogP contribution in [0.25, 0.3) is 0 Å². The quantitative estimate of drug-likeness (QED) is 0.0320. The summed E-state index contributed by atoms with van der Waals surface area (Å²) in [6.07, 6.45) is 84.0. The van der Waals surface area contributed by atoms with Crippen LogP contribution >= 0.6 is 0 Å². The van der Waals surface area contributed by atoms with E-state index in [1.54, 1.807) is 0 Å². The lowest BCUT2D eigenvalue weighted by atomic mass is 10.0. The Morgan fingerprint density at radius 2 is 0.603 bits per heavy atom. The number of amides is 1. The van der Waals surface area contributed by atoms with Gasteiger partial charge >= 0.3 is 5.97 Å². The average molecular weight is 1100 g/mol. The van der Waals surface area contributed by atoms with Gasteiger partial charge in [0.2, 0.25) is 5.91 Å². The summed E-state index contributed by atoms with van der Waals surface area (Å²) in [7, 11) is 0. The van der Waals surface area contributed by atoms with E-state index in [0.717, 1.165) is 38.5 Å². The zero-order valence-corrected chi connectivity index (χ0v) is 53.2. The van der Waals surface area contributed by atoms with Crippen molar-refractivity contribution in [3.8, 4) is 0 Å². The van der Waals surface area contributed by atoms with Crippen molar-refractivity contribution in [1.29, 1.82) is 0 Å². The van der Waals surface area contributed by atoms with Crippen molar-refractivity contribution in [3.05, 3.63) is 12.2 Å². The number of unbranched alkanes of at least 4 members (excludes halogenated alkanes) is 55. The number of aliphatic hydroxyl groups is 2. The third-order valence-corrected chi connectivity index (χ3v) is 17.1. The summed E-state index contributed by atoms with van der Waals surface area (Å²) < 4.78 is 5.51. The molecule has 0 aromatic rings. The highest BCUT2D eigenvalue weighted by Gasteiger charge is 2.20. The molecule has 0 radical (unpaired) electrons. The van der Waals surface area contributed by atoms with Gasteiger partial charge in [0.1, 0.15) is 0 Å². The molecule has 0 aliphatic carbocycles. The lowest BCUT2D eigenvalue weighted by Crippen LogP contribution is -2.45. The van der Waals surface area contributed by atoms with Crippen molar-refractivity contribution < 1.29 is 24.5 Å². The van der Waals surface area contributed by atoms with Crippen molar-refractivity contribution in [1.82, 2.24) is 5.32 Å². The van der Waals surface area contributed by atoms with Gasteiger partial charge < -0.3 is 20.3 Å². The minimum atomic E-state index is -0.669. The molecule has 464 valence electrons. The molecule has 0 fully saturated rings. The van der Waals surface area contributed by atoms with Crippen molar-refractivity contribution in [2.24, 2.45) is 0 Å². The van der Waals surface area contributed by atoms with E-state index < -0.39 is 12.1 Å². The van der Waals surface area contributed by atoms with Crippen LogP contribution in [0.15, 0.2) is 12.2 Å². The minimum Gasteiger partial charge on any atom is -0.466 e. The van der Waals surface area contributed by atoms with Gasteiger partial charge in [-0.05, 0) is 51.4 Å². The van der Waals surface area contributed by atoms with Crippen LogP contribution in [-0.2, 0) is 14.3 Å². The maximum absolute atomic E-state index is 12.5. The Morgan fingerprint density at radius 1 is 0.346 bits per heavy atom. The molecule has 0 spiro atoms. The SMILES string of the molecule is CCCCCCCCCCCCCCCCCCCCCCCC(O)C(CO)NC(=O)CCCCCCCCC/C=C\CCCCCCCCCCCCCCOC(=O)CCCCCCCCCCCCCCCCCCC. The highest BCUT2D eigenvalue weighted by Crippen LogP contribution is 2.19. The third-order valence-electron chi connectivity index (χ3n) is 17.1. The van der Waals surface area contributed by atoms with Gasteiger partial charge in [0.25, 0.3) is 0 Å². The van der Waals surface area contributed by atoms with E-state index in [-0.39, 0.29) is 18.5 Å². The largest absolute Gasteiger partial charge is 0.466 e. The van der Waals surface area contributed by atoms with Gasteiger partial charge in [-0.1, -0.05) is 360 Å². The number of esters is 1. The normalized spacial score (nSPS) is 12.5. The van der Waals surface area contributed by atoms with E-state index in [1.807, 2.05) is 0 Å². The summed E-state index contributed by atoms with van der Waals surface area (Å²) in [5.74, 6) is -0.0196. The zero-order valence-electron chi connectivity index (χ0n) is 53.2. The highest BCUT2D eigenvalue weighted by molar-refractivity contribution is 5.76. The molecule has 0 saturated heterocycles. The summed E-state index contributed by atoms with van der Waals surface area (Å²) in [4.78, 5) is 24.6. The summed E-state index contributed by atoms with van der Waals surface area (Å²) in [5.41, 5.74) is 0. The molecule has 1 amide bonds. The molecule has 3 N–H and O–H groups in total. The van der Waals surface area contributed by atoms with Crippen molar-refractivity contribution >= 4 is 11.9 Å². The number of hydrogen-bond acceptors (Lipinski definition) is 5. The number of carbonyl (C=O) groups excluding carboxylic acids is 2. The lowest BCUT2D eigenvalue weighted by Gasteiger charge is -2.22. The van der Waals surface area contributed by atoms with Crippen LogP contribution in [0.3, 0.4) is 0 Å². The fourth-order valence-corrected chi connectivity index (χ4v) is 11.6. The van der Waals surface area contributed by atoms with Crippen LogP contribution in [0.5, 0.6) is 0 Å². The van der Waals surface area contributed by atoms with E-state index in [0.29, 0.717) is 25.9 Å². The monoisotopic (exact) mass is 1100 g/mol. The molecular formula is C72H141NO5. The minimum absolute atomic E-state index is 0.0168. The Labute approximate surface area is 489 Å². The third kappa shape index (κ3) is 63.8. The van der Waals surface area contributed by atoms with Crippen LogP contribution in [-0.4, -0.2) is 47.4 Å². The molecular weight excluding hydrogens is 959 g/mol. The Morgan fingerprint density at radius 3 is 0.910 bits per heavy atom. The van der Waals surface area contributed by atoms with E-state index in [2.05, 4.69) is 31.3 Å². The van der Waals surface area contributed by atoms with Gasteiger partial charge in [-0.3, -0.25) is 9.59 Å². The first-order valence-corrected chi connectivity index (χ1v) is 35.9. The predicted octanol–water partition coefficient (Wildman–Crippen LogP) is 23.1. The van der Waals surface area contributed by atoms with Crippen LogP contribution in [0.4, 0.5) is 0 Å². The molecule has 0 saturated carbocycles. The number of hydrogen-bond donors (Lipinski definition) is 3. The van der Waals surface area contributed by atoms with Crippen LogP contribution in [0.1, 0.15) is 412 Å². The number of carbonyl (C=O) groups is 2. The van der Waals surface area contributed by atoms with Gasteiger partial charge in [0.15, 0.2) is 0 Å². The second-order valence-electron chi connectivity index (χ2n) is 24.9. The fraction of sp³-hybridized carbons (Fsp3) is 0.944. The summed E-state index contributed by atoms with van der Waals surface area (Å²) >= 11 is 0. The zero-order chi connectivity index (χ0) is 56.4. The van der Waals surface area contributed by atoms with Crippen LogP contribution in [0.2, 0.25) is 0 Å². The second kappa shape index (κ2) is 68.1. The van der Waals surface area contributed by atoms with E-state index in [9.17, 15) is 19.8 Å². The molecule has 0 rings (SSSR count). The fourth-order valence-electron chi connectivity index (χ4n) is 11.6. The number of ether oxygens (including phenoxy) is 1. The molecule has 2 atom stereocenters. The molecule has 0 aromatic carbocycles. The Bertz CT molecular complexity index is 1180. The van der Waals surface area contributed by atoms with Gasteiger partial charge in [0, 0.05) is 12.8 Å². The lowest BCUT2D eigenvalue weighted by molar-refractivity contribution is -0.143. The van der Waals surface area contributed by atoms with Crippen molar-refractivity contribution in [2.45, 2.75) is 424 Å². The smallest absolute Gasteiger partial charge is 0.305 e. The molecule has 0 aliphatic rings. The summed E-state index contributed by atoms with van der Waals surface area (Å²) in [5, 5.41) is 23.4. The number of nitrogens with one attached hydrogen (secondary N) is 1. The molecule has 6 nitrogen and oxygen atoms in total. The molecule has 78 heavy (non-hydrogen) atoms. The first-order chi connectivity index (χ1) is 38.5. The summed E-state index contributed by atoms with van der Waals surface area (Å²) in [6, 6.07) is -0.546. The van der Waals surface area contributed by atoms with Crippen molar-refractivity contribution in [2.75, 3.05) is 13.2 Å². The Hall–Kier alpha value is -1.40. The molecule has 0 bridgehead atoms. The predicted molar refractivity (Wildman–Crippen MR) is 343 cm³/mol. The first kappa shape index (κ1) is 76.6. The molecule has 6 heteroatoms. The van der Waals surface area contributed by atoms with Gasteiger partial charge in [-0.15, -0.1) is 0 Å². The Kier molecular flexibility index (Phi) is 66.9. The van der Waals surface area contributed by atoms with Crippen LogP contribution in [0, 0.1) is 0 Å². The van der Waals surface area contributed by atoms with Gasteiger partial charge in [0.05, 0.1) is 25.4 Å². The molecule has 0 heterocycles. The van der Waals surface area contributed by atoms with E-state index in [1.165, 1.54) is 340 Å². The maximum Gasteiger partial charge on any atom is 0.305 e. The number of rotatable bonds is 68. The molecule has 0 aliphatic heterocycles. The second-order valence-corrected chi connectivity index (χ2v) is 24.9. The van der Waals surface area contributed by atoms with Gasteiger partial charge in [-0.2, -0.15) is 0 Å². The standard InChI is InChI=1S/C72H141NO5/c1-3-5-7-9-11-13-15-17-19-21-22-26-29-33-36-40-44-48-52-56-60-64-70(75)69(68-74)73-71(76)65-61-57-53-49-45-41-37-34-30-27-24-23-25-28-31-35-39-43-47-51-55-59-63-67-78-72(77)66-62-58-54-50-46-42-38-32-20-18-16-14-12-10-8-6-4-2/h27,30,69-70,74-75H,3-26,28-29,31-68H2,1-2H3,(H,73,76)/b30-27-. The summed E-state index contributed by atoms with van der Waals surface area (Å²) in [6.45, 7) is 5.00. The molecule has 0 aromatic heterocycles. The first-order valence-electron chi connectivity index (χ1n) is 35.9. The topological polar surface area (TPSA) is 95.9 Å². The van der Waals surface area contributed by atoms with Gasteiger partial charge in [-0.25, -0.2) is 0 Å². The van der Waals surface area contributed by atoms with E-state index in [4.69, 9.17) is 4.74 Å². The van der Waals surface area contributed by atoms with Crippen LogP contribution < -0.4 is 5.32 Å². The highest BCUT2D eigenvalue weighted by atomic mass is 16.5.